The predicted octanol–water partition coefficient (Wildman–Crippen LogP) is 6.22. The Balaban J connectivity index is 1.17. The highest BCUT2D eigenvalue weighted by Crippen LogP contribution is 2.47. The van der Waals surface area contributed by atoms with E-state index >= 15 is 0 Å². The van der Waals surface area contributed by atoms with E-state index in [4.69, 9.17) is 14.2 Å². The summed E-state index contributed by atoms with van der Waals surface area (Å²) in [7, 11) is -0.113. The molecular formula is C42H53N5O6S. The molecule has 5 aliphatic rings. The molecule has 2 aliphatic carbocycles. The molecular weight excluding hydrogens is 703 g/mol. The van der Waals surface area contributed by atoms with Gasteiger partial charge in [0.05, 0.1) is 30.3 Å². The molecule has 2 bridgehead atoms. The van der Waals surface area contributed by atoms with E-state index in [-0.39, 0.29) is 35.0 Å². The molecule has 1 aromatic heterocycles. The quantitative estimate of drug-likeness (QED) is 0.312. The number of benzene rings is 2. The Morgan fingerprint density at radius 1 is 1.11 bits per heavy atom. The van der Waals surface area contributed by atoms with Crippen LogP contribution >= 0.6 is 0 Å². The maximum Gasteiger partial charge on any atom is 0.286 e. The number of carbonyl (C=O) groups excluding carboxylic acids is 2. The second kappa shape index (κ2) is 14.9. The van der Waals surface area contributed by atoms with Crippen LogP contribution in [0.3, 0.4) is 0 Å². The highest BCUT2D eigenvalue weighted by molar-refractivity contribution is 7.92. The number of anilines is 1. The summed E-state index contributed by atoms with van der Waals surface area (Å²) >= 11 is 0. The topological polar surface area (TPSA) is 124 Å². The fourth-order valence-electron chi connectivity index (χ4n) is 9.43. The zero-order valence-corrected chi connectivity index (χ0v) is 32.7. The van der Waals surface area contributed by atoms with Crippen molar-refractivity contribution in [3.63, 3.8) is 0 Å². The van der Waals surface area contributed by atoms with E-state index in [9.17, 15) is 13.8 Å². The molecule has 8 rings (SSSR count). The highest BCUT2D eigenvalue weighted by Gasteiger charge is 2.44. The van der Waals surface area contributed by atoms with Crippen molar-refractivity contribution >= 4 is 27.4 Å². The van der Waals surface area contributed by atoms with Crippen molar-refractivity contribution in [2.45, 2.75) is 89.4 Å². The van der Waals surface area contributed by atoms with Crippen LogP contribution in [0, 0.1) is 24.7 Å². The van der Waals surface area contributed by atoms with Gasteiger partial charge in [-0.15, -0.1) is 4.36 Å². The first-order chi connectivity index (χ1) is 26.0. The molecule has 12 heteroatoms. The summed E-state index contributed by atoms with van der Waals surface area (Å²) < 4.78 is 42.0. The number of imidazole rings is 1. The second-order valence-electron chi connectivity index (χ2n) is 16.3. The Bertz CT molecular complexity index is 2090. The van der Waals surface area contributed by atoms with Crippen LogP contribution in [0.5, 0.6) is 5.75 Å². The maximum atomic E-state index is 14.7. The third-order valence-electron chi connectivity index (χ3n) is 12.5. The van der Waals surface area contributed by atoms with Crippen LogP contribution in [-0.4, -0.2) is 77.5 Å². The first-order valence-electron chi connectivity index (χ1n) is 19.6. The first kappa shape index (κ1) is 36.9. The van der Waals surface area contributed by atoms with Gasteiger partial charge in [0.2, 0.25) is 0 Å². The van der Waals surface area contributed by atoms with E-state index in [1.54, 1.807) is 26.5 Å². The lowest BCUT2D eigenvalue weighted by atomic mass is 9.68. The van der Waals surface area contributed by atoms with Gasteiger partial charge in [-0.3, -0.25) is 14.3 Å². The van der Waals surface area contributed by atoms with Crippen LogP contribution in [0.4, 0.5) is 5.69 Å². The lowest BCUT2D eigenvalue weighted by molar-refractivity contribution is 0.0131. The van der Waals surface area contributed by atoms with Gasteiger partial charge in [0, 0.05) is 57.4 Å². The zero-order chi connectivity index (χ0) is 37.6. The molecule has 288 valence electrons. The number of hydrogen-bond acceptors (Lipinski definition) is 8. The molecule has 2 aromatic carbocycles. The Morgan fingerprint density at radius 3 is 2.78 bits per heavy atom. The number of aryl methyl sites for hydroxylation is 3. The molecule has 11 nitrogen and oxygen atoms in total. The number of rotatable bonds is 4. The molecule has 0 radical (unpaired) electrons. The average molecular weight is 756 g/mol. The number of nitrogens with zero attached hydrogens (tertiary/aromatic N) is 4. The van der Waals surface area contributed by atoms with Gasteiger partial charge >= 0.3 is 0 Å². The van der Waals surface area contributed by atoms with Gasteiger partial charge in [-0.2, -0.15) is 0 Å². The molecule has 4 heterocycles. The van der Waals surface area contributed by atoms with Gasteiger partial charge in [0.15, 0.2) is 0 Å². The molecule has 1 N–H and O–H groups in total. The summed E-state index contributed by atoms with van der Waals surface area (Å²) in [5.41, 5.74) is 5.11. The minimum atomic E-state index is -3.57. The van der Waals surface area contributed by atoms with Crippen LogP contribution in [0.1, 0.15) is 88.8 Å². The van der Waals surface area contributed by atoms with E-state index in [0.717, 1.165) is 68.9 Å². The monoisotopic (exact) mass is 755 g/mol. The standard InChI is InChI=1S/C42H53N5O6S/c1-27-10-14-34-29(19-27)8-6-17-42(34)25-47-22-31-11-13-33(31)37(52-4)9-5-7-28(2)24-54(50,44-40(48)30-12-15-38(53-26-42)36(47)20-30)45-41(49)35-23-46-18-16-32(51-3)21-39(46)43-35/h5,9-10,12,14-15,19-20,23,28,31-33,37H,6-8,11,13,16-18,21-22,24-26H2,1-4H3,(H,44,45,48,49,50)/b9-5+/t28-,31-,32?,33+,37-,42-,54?/m0/s1. The SMILES string of the molecule is COC1CCn2cc(C(=O)NS3(=O)=NC(=O)c4ccc5c(c4)N(C[C@@H]4CC[C@H]4[C@@H](OC)/C=C/C[C@H](C)C3)C[C@@]3(CCCc4cc(C)ccc43)CO5)nc2C1. The van der Waals surface area contributed by atoms with E-state index in [2.05, 4.69) is 56.2 Å². The number of carbonyl (C=O) groups is 2. The van der Waals surface area contributed by atoms with Gasteiger partial charge in [-0.25, -0.2) is 9.19 Å². The first-order valence-corrected chi connectivity index (χ1v) is 21.2. The van der Waals surface area contributed by atoms with Crippen molar-refractivity contribution in [1.29, 1.82) is 0 Å². The Labute approximate surface area is 319 Å². The van der Waals surface area contributed by atoms with Crippen molar-refractivity contribution in [2.24, 2.45) is 22.1 Å². The van der Waals surface area contributed by atoms with Crippen molar-refractivity contribution in [1.82, 2.24) is 14.3 Å². The summed E-state index contributed by atoms with van der Waals surface area (Å²) in [6.45, 7) is 6.89. The van der Waals surface area contributed by atoms with E-state index in [1.165, 1.54) is 16.7 Å². The normalized spacial score (nSPS) is 31.4. The molecule has 1 spiro atoms. The summed E-state index contributed by atoms with van der Waals surface area (Å²) in [6.07, 6.45) is 13.2. The van der Waals surface area contributed by atoms with Crippen LogP contribution in [0.15, 0.2) is 59.1 Å². The molecule has 2 amide bonds. The smallest absolute Gasteiger partial charge is 0.286 e. The van der Waals surface area contributed by atoms with Crippen LogP contribution in [-0.2, 0) is 44.2 Å². The van der Waals surface area contributed by atoms with E-state index in [1.807, 2.05) is 23.6 Å². The summed E-state index contributed by atoms with van der Waals surface area (Å²) in [4.78, 5) is 34.8. The molecule has 7 atom stereocenters. The second-order valence-corrected chi connectivity index (χ2v) is 18.3. The van der Waals surface area contributed by atoms with Gasteiger partial charge in [-0.05, 0) is 98.9 Å². The van der Waals surface area contributed by atoms with E-state index in [0.29, 0.717) is 43.4 Å². The van der Waals surface area contributed by atoms with Gasteiger partial charge in [0.1, 0.15) is 27.2 Å². The zero-order valence-electron chi connectivity index (χ0n) is 31.9. The molecule has 1 saturated carbocycles. The summed E-state index contributed by atoms with van der Waals surface area (Å²) in [6, 6.07) is 12.3. The van der Waals surface area contributed by atoms with Crippen LogP contribution in [0.25, 0.3) is 0 Å². The number of ether oxygens (including phenoxy) is 3. The number of aromatic nitrogens is 2. The minimum Gasteiger partial charge on any atom is -0.490 e. The maximum absolute atomic E-state index is 14.7. The molecule has 1 fully saturated rings. The van der Waals surface area contributed by atoms with Gasteiger partial charge < -0.3 is 23.7 Å². The third kappa shape index (κ3) is 7.24. The van der Waals surface area contributed by atoms with Gasteiger partial charge in [-0.1, -0.05) is 42.8 Å². The van der Waals surface area contributed by atoms with Crippen molar-refractivity contribution < 1.29 is 28.0 Å². The Morgan fingerprint density at radius 2 is 1.98 bits per heavy atom. The minimum absolute atomic E-state index is 0.000578. The lowest BCUT2D eigenvalue weighted by Gasteiger charge is -2.46. The largest absolute Gasteiger partial charge is 0.490 e. The van der Waals surface area contributed by atoms with Crippen molar-refractivity contribution in [2.75, 3.05) is 44.6 Å². The number of allylic oxidation sites excluding steroid dienone is 1. The fraction of sp³-hybridized carbons (Fsp3) is 0.548. The molecule has 2 unspecified atom stereocenters. The number of hydrogen-bond donors (Lipinski definition) is 1. The number of nitrogens with one attached hydrogen (secondary N) is 1. The third-order valence-corrected chi connectivity index (χ3v) is 14.5. The number of fused-ring (bicyclic) bond motifs is 5. The summed E-state index contributed by atoms with van der Waals surface area (Å²) in [5, 5.41) is 0. The van der Waals surface area contributed by atoms with Crippen LogP contribution in [0.2, 0.25) is 0 Å². The Kier molecular flexibility index (Phi) is 10.2. The number of amides is 2. The summed E-state index contributed by atoms with van der Waals surface area (Å²) in [5.74, 6) is 0.815. The van der Waals surface area contributed by atoms with Crippen molar-refractivity contribution in [3.05, 3.63) is 88.5 Å². The average Bonchev–Trinajstić information content (AvgIpc) is 3.51. The van der Waals surface area contributed by atoms with Gasteiger partial charge in [0.25, 0.3) is 11.8 Å². The van der Waals surface area contributed by atoms with Crippen LogP contribution < -0.4 is 14.4 Å². The fourth-order valence-corrected chi connectivity index (χ4v) is 11.3. The molecule has 0 saturated heterocycles. The van der Waals surface area contributed by atoms with Crippen molar-refractivity contribution in [3.8, 4) is 5.75 Å². The molecule has 3 aliphatic heterocycles. The molecule has 54 heavy (non-hydrogen) atoms. The lowest BCUT2D eigenvalue weighted by Crippen LogP contribution is -2.49. The Hall–Kier alpha value is -4.00. The molecule has 3 aromatic rings. The number of methoxy groups -OCH3 is 2. The highest BCUT2D eigenvalue weighted by atomic mass is 32.2. The van der Waals surface area contributed by atoms with E-state index < -0.39 is 21.7 Å². The predicted molar refractivity (Wildman–Crippen MR) is 208 cm³/mol.